The molecule has 0 spiro atoms. The smallest absolute Gasteiger partial charge is 0.263 e. The van der Waals surface area contributed by atoms with Crippen molar-refractivity contribution < 1.29 is 19.2 Å². The number of rotatable bonds is 13. The number of hydrogen-bond donors (Lipinski definition) is 0. The molecule has 2 aliphatic heterocycles. The highest BCUT2D eigenvalue weighted by Gasteiger charge is 2.48. The molecule has 0 atom stereocenters. The Labute approximate surface area is 207 Å². The average molecular weight is 475 g/mol. The third kappa shape index (κ3) is 5.07. The van der Waals surface area contributed by atoms with Gasteiger partial charge in [0.25, 0.3) is 23.6 Å². The van der Waals surface area contributed by atoms with Gasteiger partial charge in [-0.1, -0.05) is 89.0 Å². The lowest BCUT2D eigenvalue weighted by Gasteiger charge is -2.32. The molecule has 0 bridgehead atoms. The second kappa shape index (κ2) is 11.4. The third-order valence-electron chi connectivity index (χ3n) is 7.06. The van der Waals surface area contributed by atoms with Crippen LogP contribution < -0.4 is 0 Å². The number of fused-ring (bicyclic) bond motifs is 2. The maximum absolute atomic E-state index is 13.2. The molecule has 4 amide bonds. The van der Waals surface area contributed by atoms with Crippen molar-refractivity contribution in [3.63, 3.8) is 0 Å². The van der Waals surface area contributed by atoms with Gasteiger partial charge in [0.05, 0.1) is 22.3 Å². The Bertz CT molecular complexity index is 964. The molecule has 0 saturated carbocycles. The number of benzene rings is 2. The van der Waals surface area contributed by atoms with E-state index in [1.165, 1.54) is 38.5 Å². The van der Waals surface area contributed by atoms with E-state index in [-0.39, 0.29) is 0 Å². The van der Waals surface area contributed by atoms with E-state index in [9.17, 15) is 19.2 Å². The summed E-state index contributed by atoms with van der Waals surface area (Å²) in [5.41, 5.74) is 1.29. The lowest BCUT2D eigenvalue weighted by Crippen LogP contribution is -2.53. The molecule has 0 fully saturated rings. The van der Waals surface area contributed by atoms with Gasteiger partial charge in [-0.15, -0.1) is 0 Å². The van der Waals surface area contributed by atoms with Crippen LogP contribution in [0.5, 0.6) is 0 Å². The summed E-state index contributed by atoms with van der Waals surface area (Å²) in [4.78, 5) is 55.2. The van der Waals surface area contributed by atoms with E-state index < -0.39 is 29.8 Å². The molecule has 0 N–H and O–H groups in total. The number of nitrogens with zero attached hydrogens (tertiary/aromatic N) is 2. The first-order valence-corrected chi connectivity index (χ1v) is 13.0. The van der Waals surface area contributed by atoms with Crippen molar-refractivity contribution in [3.8, 4) is 0 Å². The Morgan fingerprint density at radius 3 is 1.17 bits per heavy atom. The molecule has 0 unspecified atom stereocenters. The van der Waals surface area contributed by atoms with E-state index >= 15 is 0 Å². The number of unbranched alkanes of at least 4 members (excludes halogenated alkanes) is 9. The molecule has 4 rings (SSSR count). The minimum absolute atomic E-state index is 0.321. The van der Waals surface area contributed by atoms with E-state index in [2.05, 4.69) is 6.92 Å². The molecular weight excluding hydrogens is 440 g/mol. The summed E-state index contributed by atoms with van der Waals surface area (Å²) in [6.07, 6.45) is 10.9. The maximum atomic E-state index is 13.2. The quantitative estimate of drug-likeness (QED) is 0.255. The fraction of sp³-hybridized carbons (Fsp3) is 0.448. The van der Waals surface area contributed by atoms with Crippen LogP contribution in [0.25, 0.3) is 0 Å². The van der Waals surface area contributed by atoms with Gasteiger partial charge in [0.2, 0.25) is 0 Å². The monoisotopic (exact) mass is 474 g/mol. The Hall–Kier alpha value is -3.28. The fourth-order valence-electron chi connectivity index (χ4n) is 5.15. The van der Waals surface area contributed by atoms with Gasteiger partial charge in [-0.05, 0) is 37.1 Å². The molecule has 0 aromatic heterocycles. The van der Waals surface area contributed by atoms with Gasteiger partial charge in [0, 0.05) is 0 Å². The summed E-state index contributed by atoms with van der Waals surface area (Å²) < 4.78 is 0. The predicted molar refractivity (Wildman–Crippen MR) is 134 cm³/mol. The largest absolute Gasteiger partial charge is 0.268 e. The Kier molecular flexibility index (Phi) is 8.11. The summed E-state index contributed by atoms with van der Waals surface area (Å²) >= 11 is 0. The minimum atomic E-state index is -0.927. The lowest BCUT2D eigenvalue weighted by molar-refractivity contribution is 0.0268. The van der Waals surface area contributed by atoms with E-state index in [1.807, 2.05) is 0 Å². The molecule has 2 heterocycles. The van der Waals surface area contributed by atoms with Gasteiger partial charge >= 0.3 is 0 Å². The minimum Gasteiger partial charge on any atom is -0.268 e. The molecule has 35 heavy (non-hydrogen) atoms. The van der Waals surface area contributed by atoms with Crippen molar-refractivity contribution in [2.45, 2.75) is 83.7 Å². The van der Waals surface area contributed by atoms with Crippen molar-refractivity contribution in [1.29, 1.82) is 0 Å². The molecule has 2 aromatic carbocycles. The van der Waals surface area contributed by atoms with Crippen molar-refractivity contribution in [1.82, 2.24) is 9.80 Å². The van der Waals surface area contributed by atoms with Crippen molar-refractivity contribution in [2.75, 3.05) is 0 Å². The number of hydrogen-bond acceptors (Lipinski definition) is 4. The summed E-state index contributed by atoms with van der Waals surface area (Å²) in [7, 11) is 0. The SMILES string of the molecule is CCCCCCCCCCCCC(N1C(=O)c2ccccc2C1=O)N1C(=O)c2ccccc2C1=O. The van der Waals surface area contributed by atoms with Crippen LogP contribution in [0.4, 0.5) is 0 Å². The number of imide groups is 2. The van der Waals surface area contributed by atoms with Gasteiger partial charge < -0.3 is 0 Å². The normalized spacial score (nSPS) is 14.9. The molecule has 6 nitrogen and oxygen atoms in total. The zero-order valence-electron chi connectivity index (χ0n) is 20.5. The zero-order chi connectivity index (χ0) is 24.8. The van der Waals surface area contributed by atoms with Gasteiger partial charge in [-0.2, -0.15) is 0 Å². The van der Waals surface area contributed by atoms with Gasteiger partial charge in [0.1, 0.15) is 6.17 Å². The van der Waals surface area contributed by atoms with Crippen LogP contribution in [0.1, 0.15) is 119 Å². The van der Waals surface area contributed by atoms with E-state index in [0.717, 1.165) is 35.5 Å². The van der Waals surface area contributed by atoms with Crippen molar-refractivity contribution >= 4 is 23.6 Å². The highest BCUT2D eigenvalue weighted by atomic mass is 16.2. The maximum Gasteiger partial charge on any atom is 0.263 e. The summed E-state index contributed by atoms with van der Waals surface area (Å²) in [6.45, 7) is 2.22. The lowest BCUT2D eigenvalue weighted by atomic mass is 10.0. The van der Waals surface area contributed by atoms with Crippen molar-refractivity contribution in [3.05, 3.63) is 70.8 Å². The van der Waals surface area contributed by atoms with Crippen molar-refractivity contribution in [2.24, 2.45) is 0 Å². The zero-order valence-corrected chi connectivity index (χ0v) is 20.5. The van der Waals surface area contributed by atoms with Crippen LogP contribution in [0.3, 0.4) is 0 Å². The Balaban J connectivity index is 1.44. The number of amides is 4. The molecule has 6 heteroatoms. The highest BCUT2D eigenvalue weighted by molar-refractivity contribution is 6.24. The molecule has 2 aromatic rings. The van der Waals surface area contributed by atoms with Crippen LogP contribution in [0.2, 0.25) is 0 Å². The molecule has 2 aliphatic rings. The second-order valence-electron chi connectivity index (χ2n) is 9.50. The summed E-state index contributed by atoms with van der Waals surface area (Å²) in [6, 6.07) is 13.3. The molecule has 0 aliphatic carbocycles. The highest BCUT2D eigenvalue weighted by Crippen LogP contribution is 2.33. The fourth-order valence-corrected chi connectivity index (χ4v) is 5.15. The van der Waals surface area contributed by atoms with Crippen LogP contribution in [0, 0.1) is 0 Å². The average Bonchev–Trinajstić information content (AvgIpc) is 3.28. The second-order valence-corrected chi connectivity index (χ2v) is 9.50. The van der Waals surface area contributed by atoms with Crippen LogP contribution >= 0.6 is 0 Å². The van der Waals surface area contributed by atoms with E-state index in [1.54, 1.807) is 48.5 Å². The first-order chi connectivity index (χ1) is 17.1. The molecule has 184 valence electrons. The summed E-state index contributed by atoms with van der Waals surface area (Å²) in [5, 5.41) is 0. The van der Waals surface area contributed by atoms with Crippen LogP contribution in [-0.2, 0) is 0 Å². The van der Waals surface area contributed by atoms with Crippen LogP contribution in [0.15, 0.2) is 48.5 Å². The van der Waals surface area contributed by atoms with Gasteiger partial charge in [0.15, 0.2) is 0 Å². The van der Waals surface area contributed by atoms with Crippen LogP contribution in [-0.4, -0.2) is 39.6 Å². The topological polar surface area (TPSA) is 74.8 Å². The first kappa shape index (κ1) is 24.8. The third-order valence-corrected chi connectivity index (χ3v) is 7.06. The standard InChI is InChI=1S/C29H34N2O4/c1-2-3-4-5-6-7-8-9-10-11-20-25(30-26(32)21-16-12-13-17-22(21)27(30)33)31-28(34)23-18-14-15-19-24(23)29(31)35/h12-19,25H,2-11,20H2,1H3. The summed E-state index contributed by atoms with van der Waals surface area (Å²) in [5.74, 6) is -1.78. The number of carbonyl (C=O) groups is 4. The van der Waals surface area contributed by atoms with Gasteiger partial charge in [-0.3, -0.25) is 29.0 Å². The number of carbonyl (C=O) groups excluding carboxylic acids is 4. The predicted octanol–water partition coefficient (Wildman–Crippen LogP) is 6.22. The van der Waals surface area contributed by atoms with E-state index in [4.69, 9.17) is 0 Å². The van der Waals surface area contributed by atoms with E-state index in [0.29, 0.717) is 28.7 Å². The first-order valence-electron chi connectivity index (χ1n) is 13.0. The molecule has 0 saturated heterocycles. The molecule has 0 radical (unpaired) electrons. The Morgan fingerprint density at radius 1 is 0.514 bits per heavy atom. The van der Waals surface area contributed by atoms with Gasteiger partial charge in [-0.25, -0.2) is 0 Å². The Morgan fingerprint density at radius 2 is 0.829 bits per heavy atom. The molecular formula is C29H34N2O4.